The molecule has 0 aliphatic rings. The third-order valence-corrected chi connectivity index (χ3v) is 2.32. The molecular weight excluding hydrogens is 206 g/mol. The van der Waals surface area contributed by atoms with Crippen LogP contribution in [0.4, 0.5) is 4.79 Å². The van der Waals surface area contributed by atoms with E-state index in [1.165, 1.54) is 6.92 Å². The van der Waals surface area contributed by atoms with E-state index in [9.17, 15) is 9.59 Å². The standard InChI is InChI=1S/C12H23NO3/c1-7-8(2)10(9(3)14)13-11(15)16-12(4,5)6/h8,10H,7H2,1-6H3,(H,13,15). The molecule has 0 aromatic heterocycles. The van der Waals surface area contributed by atoms with Crippen molar-refractivity contribution in [2.75, 3.05) is 0 Å². The van der Waals surface area contributed by atoms with Crippen LogP contribution in [0.15, 0.2) is 0 Å². The quantitative estimate of drug-likeness (QED) is 0.805. The van der Waals surface area contributed by atoms with Crippen molar-refractivity contribution in [3.63, 3.8) is 0 Å². The molecule has 1 amide bonds. The molecule has 0 saturated heterocycles. The summed E-state index contributed by atoms with van der Waals surface area (Å²) < 4.78 is 5.11. The van der Waals surface area contributed by atoms with E-state index in [1.807, 2.05) is 13.8 Å². The molecule has 4 heteroatoms. The SMILES string of the molecule is CCC(C)C(NC(=O)OC(C)(C)C)C(C)=O. The van der Waals surface area contributed by atoms with Crippen molar-refractivity contribution in [1.29, 1.82) is 0 Å². The monoisotopic (exact) mass is 229 g/mol. The second-order valence-corrected chi connectivity index (χ2v) is 5.12. The number of rotatable bonds is 4. The normalized spacial score (nSPS) is 15.1. The van der Waals surface area contributed by atoms with Gasteiger partial charge in [0.05, 0.1) is 6.04 Å². The number of Topliss-reactive ketones (excluding diaryl/α,β-unsaturated/α-hetero) is 1. The first-order chi connectivity index (χ1) is 7.17. The molecule has 4 nitrogen and oxygen atoms in total. The molecule has 0 spiro atoms. The largest absolute Gasteiger partial charge is 0.444 e. The van der Waals surface area contributed by atoms with E-state index in [0.717, 1.165) is 6.42 Å². The zero-order chi connectivity index (χ0) is 12.9. The molecule has 0 aliphatic carbocycles. The van der Waals surface area contributed by atoms with Crippen LogP contribution in [0.5, 0.6) is 0 Å². The van der Waals surface area contributed by atoms with E-state index in [0.29, 0.717) is 0 Å². The van der Waals surface area contributed by atoms with Crippen LogP contribution in [0.1, 0.15) is 48.0 Å². The van der Waals surface area contributed by atoms with Gasteiger partial charge in [-0.2, -0.15) is 0 Å². The Morgan fingerprint density at radius 3 is 2.12 bits per heavy atom. The molecule has 0 radical (unpaired) electrons. The summed E-state index contributed by atoms with van der Waals surface area (Å²) >= 11 is 0. The minimum atomic E-state index is -0.541. The number of hydrogen-bond donors (Lipinski definition) is 1. The van der Waals surface area contributed by atoms with Crippen molar-refractivity contribution in [2.45, 2.75) is 59.6 Å². The Hall–Kier alpha value is -1.06. The third kappa shape index (κ3) is 5.73. The summed E-state index contributed by atoms with van der Waals surface area (Å²) in [4.78, 5) is 22.9. The summed E-state index contributed by atoms with van der Waals surface area (Å²) in [5.41, 5.74) is -0.541. The van der Waals surface area contributed by atoms with Crippen molar-refractivity contribution in [3.05, 3.63) is 0 Å². The second-order valence-electron chi connectivity index (χ2n) is 5.12. The molecule has 0 heterocycles. The molecule has 0 bridgehead atoms. The lowest BCUT2D eigenvalue weighted by Gasteiger charge is -2.25. The summed E-state index contributed by atoms with van der Waals surface area (Å²) in [6.07, 6.45) is 0.299. The zero-order valence-electron chi connectivity index (χ0n) is 11.1. The van der Waals surface area contributed by atoms with Crippen molar-refractivity contribution < 1.29 is 14.3 Å². The van der Waals surface area contributed by atoms with Gasteiger partial charge in [0.1, 0.15) is 5.60 Å². The summed E-state index contributed by atoms with van der Waals surface area (Å²) in [5.74, 6) is 0.0743. The molecular formula is C12H23NO3. The molecule has 0 aliphatic heterocycles. The number of ketones is 1. The Labute approximate surface area is 97.7 Å². The molecule has 16 heavy (non-hydrogen) atoms. The highest BCUT2D eigenvalue weighted by Gasteiger charge is 2.25. The van der Waals surface area contributed by atoms with Crippen LogP contribution in [0.25, 0.3) is 0 Å². The summed E-state index contributed by atoms with van der Waals surface area (Å²) in [5, 5.41) is 2.61. The van der Waals surface area contributed by atoms with E-state index in [2.05, 4.69) is 5.32 Å². The minimum Gasteiger partial charge on any atom is -0.444 e. The van der Waals surface area contributed by atoms with Crippen LogP contribution >= 0.6 is 0 Å². The zero-order valence-corrected chi connectivity index (χ0v) is 11.1. The van der Waals surface area contributed by atoms with Gasteiger partial charge in [0.25, 0.3) is 0 Å². The van der Waals surface area contributed by atoms with E-state index in [-0.39, 0.29) is 11.7 Å². The van der Waals surface area contributed by atoms with Gasteiger partial charge in [-0.15, -0.1) is 0 Å². The van der Waals surface area contributed by atoms with Crippen LogP contribution < -0.4 is 5.32 Å². The second kappa shape index (κ2) is 5.87. The average molecular weight is 229 g/mol. The van der Waals surface area contributed by atoms with Crippen molar-refractivity contribution in [1.82, 2.24) is 5.32 Å². The lowest BCUT2D eigenvalue weighted by Crippen LogP contribution is -2.46. The first-order valence-electron chi connectivity index (χ1n) is 5.67. The molecule has 0 aromatic carbocycles. The van der Waals surface area contributed by atoms with Gasteiger partial charge in [-0.05, 0) is 33.6 Å². The number of alkyl carbamates (subject to hydrolysis) is 1. The highest BCUT2D eigenvalue weighted by molar-refractivity contribution is 5.85. The molecule has 0 saturated carbocycles. The van der Waals surface area contributed by atoms with Gasteiger partial charge in [0, 0.05) is 0 Å². The van der Waals surface area contributed by atoms with Crippen LogP contribution in [0, 0.1) is 5.92 Å². The summed E-state index contributed by atoms with van der Waals surface area (Å²) in [6, 6.07) is -0.458. The van der Waals surface area contributed by atoms with Crippen molar-refractivity contribution in [2.24, 2.45) is 5.92 Å². The maximum Gasteiger partial charge on any atom is 0.408 e. The molecule has 94 valence electrons. The van der Waals surface area contributed by atoms with E-state index in [1.54, 1.807) is 20.8 Å². The Bertz CT molecular complexity index is 255. The van der Waals surface area contributed by atoms with Gasteiger partial charge in [-0.1, -0.05) is 20.3 Å². The minimum absolute atomic E-state index is 0.0415. The number of ether oxygens (including phenoxy) is 1. The first kappa shape index (κ1) is 14.9. The smallest absolute Gasteiger partial charge is 0.408 e. The maximum absolute atomic E-state index is 11.5. The van der Waals surface area contributed by atoms with E-state index >= 15 is 0 Å². The van der Waals surface area contributed by atoms with Gasteiger partial charge in [-0.3, -0.25) is 4.79 Å². The average Bonchev–Trinajstić information content (AvgIpc) is 2.09. The fraction of sp³-hybridized carbons (Fsp3) is 0.833. The molecule has 1 N–H and O–H groups in total. The number of nitrogens with one attached hydrogen (secondary N) is 1. The van der Waals surface area contributed by atoms with Crippen LogP contribution in [0.3, 0.4) is 0 Å². The topological polar surface area (TPSA) is 55.4 Å². The van der Waals surface area contributed by atoms with Gasteiger partial charge < -0.3 is 10.1 Å². The molecule has 0 rings (SSSR count). The number of carbonyl (C=O) groups is 2. The van der Waals surface area contributed by atoms with Gasteiger partial charge in [0.2, 0.25) is 0 Å². The fourth-order valence-corrected chi connectivity index (χ4v) is 1.31. The first-order valence-corrected chi connectivity index (χ1v) is 5.67. The molecule has 2 unspecified atom stereocenters. The Morgan fingerprint density at radius 1 is 1.31 bits per heavy atom. The number of carbonyl (C=O) groups excluding carboxylic acids is 2. The number of amides is 1. The van der Waals surface area contributed by atoms with Gasteiger partial charge >= 0.3 is 6.09 Å². The van der Waals surface area contributed by atoms with Crippen molar-refractivity contribution in [3.8, 4) is 0 Å². The highest BCUT2D eigenvalue weighted by Crippen LogP contribution is 2.11. The lowest BCUT2D eigenvalue weighted by atomic mass is 9.96. The Balaban J connectivity index is 4.42. The van der Waals surface area contributed by atoms with E-state index in [4.69, 9.17) is 4.74 Å². The third-order valence-electron chi connectivity index (χ3n) is 2.32. The maximum atomic E-state index is 11.5. The van der Waals surface area contributed by atoms with Crippen molar-refractivity contribution >= 4 is 11.9 Å². The van der Waals surface area contributed by atoms with Crippen LogP contribution in [-0.2, 0) is 9.53 Å². The molecule has 0 aromatic rings. The molecule has 0 fully saturated rings. The predicted octanol–water partition coefficient (Wildman–Crippen LogP) is 2.51. The lowest BCUT2D eigenvalue weighted by molar-refractivity contribution is -0.120. The van der Waals surface area contributed by atoms with Gasteiger partial charge in [-0.25, -0.2) is 4.79 Å². The van der Waals surface area contributed by atoms with Gasteiger partial charge in [0.15, 0.2) is 5.78 Å². The fourth-order valence-electron chi connectivity index (χ4n) is 1.31. The van der Waals surface area contributed by atoms with Crippen LogP contribution in [0.2, 0.25) is 0 Å². The molecule has 2 atom stereocenters. The van der Waals surface area contributed by atoms with E-state index < -0.39 is 17.7 Å². The van der Waals surface area contributed by atoms with Crippen LogP contribution in [-0.4, -0.2) is 23.5 Å². The Kier molecular flexibility index (Phi) is 5.48. The number of hydrogen-bond acceptors (Lipinski definition) is 3. The Morgan fingerprint density at radius 2 is 1.81 bits per heavy atom. The predicted molar refractivity (Wildman–Crippen MR) is 63.3 cm³/mol. The highest BCUT2D eigenvalue weighted by atomic mass is 16.6. The summed E-state index contributed by atoms with van der Waals surface area (Å²) in [7, 11) is 0. The summed E-state index contributed by atoms with van der Waals surface area (Å²) in [6.45, 7) is 10.8.